The molecule has 2 aromatic heterocycles. The van der Waals surface area contributed by atoms with Crippen molar-refractivity contribution in [3.8, 4) is 0 Å². The van der Waals surface area contributed by atoms with Crippen molar-refractivity contribution < 1.29 is 4.92 Å². The SMILES string of the molecule is CCCc1cn(CCCCn2ccc3cc([N+](=O)[O-])ccc32)nn1. The Morgan fingerprint density at radius 1 is 1.21 bits per heavy atom. The van der Waals surface area contributed by atoms with E-state index < -0.39 is 0 Å². The van der Waals surface area contributed by atoms with Gasteiger partial charge in [0.15, 0.2) is 0 Å². The van der Waals surface area contributed by atoms with Crippen LogP contribution >= 0.6 is 0 Å². The lowest BCUT2D eigenvalue weighted by Crippen LogP contribution is -2.02. The van der Waals surface area contributed by atoms with E-state index in [1.54, 1.807) is 12.1 Å². The van der Waals surface area contributed by atoms with Crippen LogP contribution in [0.4, 0.5) is 5.69 Å². The lowest BCUT2D eigenvalue weighted by atomic mass is 10.2. The number of nitro benzene ring substituents is 1. The van der Waals surface area contributed by atoms with E-state index in [2.05, 4.69) is 21.8 Å². The third-order valence-corrected chi connectivity index (χ3v) is 4.09. The molecule has 0 aliphatic rings. The molecule has 0 unspecified atom stereocenters. The number of fused-ring (bicyclic) bond motifs is 1. The van der Waals surface area contributed by atoms with Crippen LogP contribution in [0.3, 0.4) is 0 Å². The molecule has 0 aliphatic heterocycles. The molecule has 0 fully saturated rings. The molecule has 7 nitrogen and oxygen atoms in total. The molecule has 0 spiro atoms. The van der Waals surface area contributed by atoms with Gasteiger partial charge in [0.2, 0.25) is 0 Å². The summed E-state index contributed by atoms with van der Waals surface area (Å²) in [5.74, 6) is 0. The summed E-state index contributed by atoms with van der Waals surface area (Å²) in [5.41, 5.74) is 2.22. The first-order valence-electron chi connectivity index (χ1n) is 8.29. The Bertz CT molecular complexity index is 836. The number of aryl methyl sites for hydroxylation is 3. The van der Waals surface area contributed by atoms with Crippen LogP contribution < -0.4 is 0 Å². The van der Waals surface area contributed by atoms with E-state index in [1.807, 2.05) is 29.2 Å². The van der Waals surface area contributed by atoms with Gasteiger partial charge in [-0.2, -0.15) is 0 Å². The minimum Gasteiger partial charge on any atom is -0.347 e. The summed E-state index contributed by atoms with van der Waals surface area (Å²) in [7, 11) is 0. The van der Waals surface area contributed by atoms with Gasteiger partial charge in [-0.15, -0.1) is 5.10 Å². The van der Waals surface area contributed by atoms with Crippen LogP contribution in [0.5, 0.6) is 0 Å². The maximum absolute atomic E-state index is 10.8. The normalized spacial score (nSPS) is 11.2. The van der Waals surface area contributed by atoms with E-state index in [9.17, 15) is 10.1 Å². The van der Waals surface area contributed by atoms with Crippen molar-refractivity contribution in [2.75, 3.05) is 0 Å². The summed E-state index contributed by atoms with van der Waals surface area (Å²) < 4.78 is 4.05. The highest BCUT2D eigenvalue weighted by Crippen LogP contribution is 2.22. The van der Waals surface area contributed by atoms with Crippen LogP contribution in [-0.4, -0.2) is 24.5 Å². The van der Waals surface area contributed by atoms with Crippen molar-refractivity contribution in [3.05, 3.63) is 52.5 Å². The van der Waals surface area contributed by atoms with E-state index in [0.717, 1.165) is 55.4 Å². The summed E-state index contributed by atoms with van der Waals surface area (Å²) in [5, 5.41) is 20.0. The third-order valence-electron chi connectivity index (χ3n) is 4.09. The lowest BCUT2D eigenvalue weighted by Gasteiger charge is -2.05. The number of unbranched alkanes of at least 4 members (excludes halogenated alkanes) is 1. The molecular formula is C17H21N5O2. The summed E-state index contributed by atoms with van der Waals surface area (Å²) in [6.07, 6.45) is 8.10. The van der Waals surface area contributed by atoms with E-state index in [-0.39, 0.29) is 10.6 Å². The highest BCUT2D eigenvalue weighted by atomic mass is 16.6. The standard InChI is InChI=1S/C17H21N5O2/c1-2-5-15-13-21(19-18-15)10-4-3-9-20-11-8-14-12-16(22(23)24)6-7-17(14)20/h6-8,11-13H,2-5,9-10H2,1H3. The van der Waals surface area contributed by atoms with Gasteiger partial charge in [0.1, 0.15) is 0 Å². The predicted octanol–water partition coefficient (Wildman–Crippen LogP) is 3.57. The van der Waals surface area contributed by atoms with Crippen LogP contribution in [0.25, 0.3) is 10.9 Å². The van der Waals surface area contributed by atoms with E-state index >= 15 is 0 Å². The van der Waals surface area contributed by atoms with Crippen molar-refractivity contribution in [2.45, 2.75) is 45.7 Å². The first-order chi connectivity index (χ1) is 11.7. The minimum absolute atomic E-state index is 0.134. The lowest BCUT2D eigenvalue weighted by molar-refractivity contribution is -0.384. The molecule has 0 atom stereocenters. The Labute approximate surface area is 140 Å². The summed E-state index contributed by atoms with van der Waals surface area (Å²) in [4.78, 5) is 10.5. The van der Waals surface area contributed by atoms with Crippen LogP contribution in [0.2, 0.25) is 0 Å². The quantitative estimate of drug-likeness (QED) is 0.360. The molecule has 126 valence electrons. The number of nitrogens with zero attached hydrogens (tertiary/aromatic N) is 5. The zero-order valence-electron chi connectivity index (χ0n) is 13.8. The van der Waals surface area contributed by atoms with E-state index in [4.69, 9.17) is 0 Å². The fraction of sp³-hybridized carbons (Fsp3) is 0.412. The Kier molecular flexibility index (Phi) is 4.88. The Morgan fingerprint density at radius 2 is 2.04 bits per heavy atom. The average Bonchev–Trinajstić information content (AvgIpc) is 3.18. The summed E-state index contributed by atoms with van der Waals surface area (Å²) >= 11 is 0. The molecule has 0 saturated heterocycles. The highest BCUT2D eigenvalue weighted by Gasteiger charge is 2.08. The van der Waals surface area contributed by atoms with Crippen LogP contribution in [0.15, 0.2) is 36.7 Å². The zero-order valence-corrected chi connectivity index (χ0v) is 13.8. The number of nitro groups is 1. The summed E-state index contributed by atoms with van der Waals surface area (Å²) in [6.45, 7) is 3.88. The number of aromatic nitrogens is 4. The molecule has 0 saturated carbocycles. The smallest absolute Gasteiger partial charge is 0.270 e. The maximum Gasteiger partial charge on any atom is 0.270 e. The number of non-ortho nitro benzene ring substituents is 1. The van der Waals surface area contributed by atoms with Gasteiger partial charge in [-0.05, 0) is 31.4 Å². The fourth-order valence-electron chi connectivity index (χ4n) is 2.87. The van der Waals surface area contributed by atoms with Crippen molar-refractivity contribution >= 4 is 16.6 Å². The van der Waals surface area contributed by atoms with Gasteiger partial charge in [-0.3, -0.25) is 14.8 Å². The highest BCUT2D eigenvalue weighted by molar-refractivity contribution is 5.82. The fourth-order valence-corrected chi connectivity index (χ4v) is 2.87. The second-order valence-corrected chi connectivity index (χ2v) is 5.94. The van der Waals surface area contributed by atoms with Gasteiger partial charge in [-0.25, -0.2) is 0 Å². The molecule has 3 rings (SSSR count). The van der Waals surface area contributed by atoms with Crippen molar-refractivity contribution in [2.24, 2.45) is 0 Å². The number of rotatable bonds is 8. The van der Waals surface area contributed by atoms with Crippen molar-refractivity contribution in [1.82, 2.24) is 19.6 Å². The number of hydrogen-bond acceptors (Lipinski definition) is 4. The van der Waals surface area contributed by atoms with Crippen molar-refractivity contribution in [3.63, 3.8) is 0 Å². The largest absolute Gasteiger partial charge is 0.347 e. The third kappa shape index (κ3) is 3.61. The molecule has 0 N–H and O–H groups in total. The van der Waals surface area contributed by atoms with E-state index in [1.165, 1.54) is 0 Å². The molecule has 3 aromatic rings. The van der Waals surface area contributed by atoms with Gasteiger partial charge < -0.3 is 4.57 Å². The van der Waals surface area contributed by atoms with Gasteiger partial charge in [0, 0.05) is 48.5 Å². The summed E-state index contributed by atoms with van der Waals surface area (Å²) in [6, 6.07) is 6.93. The Balaban J connectivity index is 1.54. The molecule has 0 aliphatic carbocycles. The second-order valence-electron chi connectivity index (χ2n) is 5.94. The van der Waals surface area contributed by atoms with Gasteiger partial charge in [-0.1, -0.05) is 18.6 Å². The molecule has 24 heavy (non-hydrogen) atoms. The second kappa shape index (κ2) is 7.25. The average molecular weight is 327 g/mol. The first kappa shape index (κ1) is 16.2. The number of hydrogen-bond donors (Lipinski definition) is 0. The maximum atomic E-state index is 10.8. The molecular weight excluding hydrogens is 306 g/mol. The van der Waals surface area contributed by atoms with Gasteiger partial charge >= 0.3 is 0 Å². The van der Waals surface area contributed by atoms with Crippen molar-refractivity contribution in [1.29, 1.82) is 0 Å². The van der Waals surface area contributed by atoms with Gasteiger partial charge in [0.25, 0.3) is 5.69 Å². The topological polar surface area (TPSA) is 78.8 Å². The molecule has 2 heterocycles. The number of benzene rings is 1. The van der Waals surface area contributed by atoms with Gasteiger partial charge in [0.05, 0.1) is 10.6 Å². The molecule has 0 radical (unpaired) electrons. The first-order valence-corrected chi connectivity index (χ1v) is 8.29. The molecule has 7 heteroatoms. The molecule has 1 aromatic carbocycles. The van der Waals surface area contributed by atoms with Crippen LogP contribution in [0, 0.1) is 10.1 Å². The molecule has 0 bridgehead atoms. The Hall–Kier alpha value is -2.70. The molecule has 0 amide bonds. The van der Waals surface area contributed by atoms with E-state index in [0.29, 0.717) is 0 Å². The monoisotopic (exact) mass is 327 g/mol. The van der Waals surface area contributed by atoms with Crippen LogP contribution in [0.1, 0.15) is 31.9 Å². The van der Waals surface area contributed by atoms with Crippen LogP contribution in [-0.2, 0) is 19.5 Å². The predicted molar refractivity (Wildman–Crippen MR) is 91.8 cm³/mol. The Morgan fingerprint density at radius 3 is 2.83 bits per heavy atom. The zero-order chi connectivity index (χ0) is 16.9. The minimum atomic E-state index is -0.359.